The molecule has 11 heteroatoms. The van der Waals surface area contributed by atoms with E-state index in [1.807, 2.05) is 6.07 Å². The summed E-state index contributed by atoms with van der Waals surface area (Å²) in [4.78, 5) is 8.44. The molecule has 3 aromatic rings. The van der Waals surface area contributed by atoms with Gasteiger partial charge in [-0.3, -0.25) is 5.10 Å². The number of ether oxygens (including phenoxy) is 1. The Bertz CT molecular complexity index is 1160. The van der Waals surface area contributed by atoms with Gasteiger partial charge in [0.1, 0.15) is 15.7 Å². The number of hydrogen-bond donors (Lipinski definition) is 3. The number of aromatic amines is 1. The van der Waals surface area contributed by atoms with Gasteiger partial charge in [-0.25, -0.2) is 23.5 Å². The summed E-state index contributed by atoms with van der Waals surface area (Å²) < 4.78 is 28.7. The Labute approximate surface area is 172 Å². The van der Waals surface area contributed by atoms with Gasteiger partial charge in [-0.2, -0.15) is 5.10 Å². The molecule has 4 N–H and O–H groups in total. The molecule has 0 aliphatic heterocycles. The predicted octanol–water partition coefficient (Wildman–Crippen LogP) is 3.78. The van der Waals surface area contributed by atoms with Crippen LogP contribution in [0.5, 0.6) is 5.75 Å². The number of nitrogens with zero attached hydrogens (tertiary/aromatic N) is 3. The van der Waals surface area contributed by atoms with E-state index in [0.29, 0.717) is 28.1 Å². The highest BCUT2D eigenvalue weighted by Crippen LogP contribution is 2.40. The van der Waals surface area contributed by atoms with Gasteiger partial charge in [-0.15, -0.1) is 0 Å². The van der Waals surface area contributed by atoms with E-state index in [1.165, 1.54) is 25.4 Å². The van der Waals surface area contributed by atoms with Crippen molar-refractivity contribution in [1.82, 2.24) is 20.2 Å². The molecular weight excluding hydrogens is 404 g/mol. The molecular formula is C17H25ClN6O3S. The van der Waals surface area contributed by atoms with E-state index in [-0.39, 0.29) is 22.2 Å². The van der Waals surface area contributed by atoms with Crippen LogP contribution in [0.3, 0.4) is 0 Å². The molecule has 4 rings (SSSR count). The van der Waals surface area contributed by atoms with Crippen molar-refractivity contribution in [2.45, 2.75) is 23.7 Å². The molecule has 1 fully saturated rings. The number of benzene rings is 1. The van der Waals surface area contributed by atoms with Crippen molar-refractivity contribution in [3.05, 3.63) is 41.2 Å². The fourth-order valence-corrected chi connectivity index (χ4v) is 3.62. The van der Waals surface area contributed by atoms with Gasteiger partial charge in [0.05, 0.1) is 13.3 Å². The normalized spacial score (nSPS) is 14.1. The van der Waals surface area contributed by atoms with Crippen molar-refractivity contribution in [3.63, 3.8) is 0 Å². The maximum absolute atomic E-state index is 11.8. The van der Waals surface area contributed by atoms with E-state index in [0.717, 1.165) is 18.5 Å². The summed E-state index contributed by atoms with van der Waals surface area (Å²) >= 11 is 6.21. The average Bonchev–Trinajstić information content (AvgIpc) is 3.41. The Morgan fingerprint density at radius 1 is 1.36 bits per heavy atom. The van der Waals surface area contributed by atoms with E-state index >= 15 is 0 Å². The molecule has 0 bridgehead atoms. The number of sulfonamides is 1. The second kappa shape index (κ2) is 7.04. The largest absolute Gasteiger partial charge is 0.495 e. The minimum Gasteiger partial charge on any atom is -0.495 e. The Morgan fingerprint density at radius 2 is 2.14 bits per heavy atom. The molecule has 2 aromatic heterocycles. The summed E-state index contributed by atoms with van der Waals surface area (Å²) in [6, 6.07) is 6.42. The van der Waals surface area contributed by atoms with Gasteiger partial charge >= 0.3 is 0 Å². The van der Waals surface area contributed by atoms with Crippen LogP contribution < -0.4 is 15.2 Å². The van der Waals surface area contributed by atoms with Crippen LogP contribution in [0.25, 0.3) is 11.4 Å². The molecule has 9 nitrogen and oxygen atoms in total. The van der Waals surface area contributed by atoms with Gasteiger partial charge < -0.3 is 10.1 Å². The zero-order chi connectivity index (χ0) is 19.9. The standard InChI is InChI=1S/C17H17ClN6O3S.4H2/c1-27-13-5-4-10(6-14(13)28(19,25)26)16-20-8-11(18)17(22-16)21-15-7-12(23-24-15)9-2-3-9;;;;/h4-9H,2-3H2,1H3,(H2,19,25,26)(H2,20,21,22,23,24);4*1H. The minimum atomic E-state index is -3.98. The van der Waals surface area contributed by atoms with Gasteiger partial charge in [-0.1, -0.05) is 11.6 Å². The van der Waals surface area contributed by atoms with E-state index in [9.17, 15) is 8.42 Å². The Morgan fingerprint density at radius 3 is 2.82 bits per heavy atom. The topological polar surface area (TPSA) is 136 Å². The zero-order valence-corrected chi connectivity index (χ0v) is 16.4. The summed E-state index contributed by atoms with van der Waals surface area (Å²) in [6.07, 6.45) is 3.75. The van der Waals surface area contributed by atoms with Crippen LogP contribution in [0.4, 0.5) is 11.6 Å². The molecule has 28 heavy (non-hydrogen) atoms. The molecule has 0 unspecified atom stereocenters. The molecule has 2 heterocycles. The third-order valence-corrected chi connectivity index (χ3v) is 5.54. The van der Waals surface area contributed by atoms with Crippen LogP contribution in [-0.2, 0) is 10.0 Å². The van der Waals surface area contributed by atoms with Crippen molar-refractivity contribution >= 4 is 33.3 Å². The number of nitrogens with one attached hydrogen (secondary N) is 2. The van der Waals surface area contributed by atoms with Crippen LogP contribution in [0.15, 0.2) is 35.4 Å². The minimum absolute atomic E-state index is 0. The number of halogens is 1. The second-order valence-electron chi connectivity index (χ2n) is 6.41. The first-order chi connectivity index (χ1) is 13.3. The summed E-state index contributed by atoms with van der Waals surface area (Å²) in [5, 5.41) is 15.9. The van der Waals surface area contributed by atoms with Crippen LogP contribution in [0, 0.1) is 0 Å². The number of nitrogens with two attached hydrogens (primary N) is 1. The molecule has 1 aromatic carbocycles. The van der Waals surface area contributed by atoms with Crippen molar-refractivity contribution in [1.29, 1.82) is 0 Å². The van der Waals surface area contributed by atoms with Crippen LogP contribution >= 0.6 is 11.6 Å². The maximum Gasteiger partial charge on any atom is 0.241 e. The second-order valence-corrected chi connectivity index (χ2v) is 8.35. The third-order valence-electron chi connectivity index (χ3n) is 4.33. The lowest BCUT2D eigenvalue weighted by Crippen LogP contribution is -2.13. The molecule has 154 valence electrons. The lowest BCUT2D eigenvalue weighted by atomic mass is 10.2. The number of aromatic nitrogens is 4. The zero-order valence-electron chi connectivity index (χ0n) is 14.8. The summed E-state index contributed by atoms with van der Waals surface area (Å²) in [5.74, 6) is 1.90. The fraction of sp³-hybridized carbons (Fsp3) is 0.235. The summed E-state index contributed by atoms with van der Waals surface area (Å²) in [7, 11) is -2.61. The number of anilines is 2. The maximum atomic E-state index is 11.8. The van der Waals surface area contributed by atoms with Gasteiger partial charge in [0.2, 0.25) is 10.0 Å². The highest BCUT2D eigenvalue weighted by molar-refractivity contribution is 7.89. The van der Waals surface area contributed by atoms with Crippen LogP contribution in [0.1, 0.15) is 30.2 Å². The quantitative estimate of drug-likeness (QED) is 0.543. The van der Waals surface area contributed by atoms with Gasteiger partial charge in [0, 0.05) is 28.9 Å². The highest BCUT2D eigenvalue weighted by Gasteiger charge is 2.25. The molecule has 1 aliphatic carbocycles. The summed E-state index contributed by atoms with van der Waals surface area (Å²) in [6.45, 7) is 0. The molecule has 0 saturated heterocycles. The predicted molar refractivity (Wildman–Crippen MR) is 113 cm³/mol. The monoisotopic (exact) mass is 428 g/mol. The molecule has 1 saturated carbocycles. The van der Waals surface area contributed by atoms with Crippen LogP contribution in [-0.4, -0.2) is 35.7 Å². The van der Waals surface area contributed by atoms with Gasteiger partial charge in [-0.05, 0) is 31.0 Å². The number of primary sulfonamides is 1. The lowest BCUT2D eigenvalue weighted by molar-refractivity contribution is 0.403. The fourth-order valence-electron chi connectivity index (χ4n) is 2.76. The number of methoxy groups -OCH3 is 1. The number of rotatable bonds is 6. The van der Waals surface area contributed by atoms with Crippen molar-refractivity contribution in [2.24, 2.45) is 5.14 Å². The molecule has 0 radical (unpaired) electrons. The molecule has 1 aliphatic rings. The summed E-state index contributed by atoms with van der Waals surface area (Å²) in [5.41, 5.74) is 1.52. The Hall–Kier alpha value is -2.69. The Balaban J connectivity index is 0.00000240. The first-order valence-electron chi connectivity index (χ1n) is 8.41. The van der Waals surface area contributed by atoms with Gasteiger partial charge in [0.25, 0.3) is 0 Å². The highest BCUT2D eigenvalue weighted by atomic mass is 35.5. The number of hydrogen-bond acceptors (Lipinski definition) is 7. The Kier molecular flexibility index (Phi) is 4.69. The third kappa shape index (κ3) is 3.79. The van der Waals surface area contributed by atoms with Crippen molar-refractivity contribution in [2.75, 3.05) is 12.4 Å². The van der Waals surface area contributed by atoms with Crippen molar-refractivity contribution < 1.29 is 18.9 Å². The number of H-pyrrole nitrogens is 1. The SMILES string of the molecule is COc1ccc(-c2ncc(Cl)c(Nc3cc(C4CC4)[nH]n3)n2)cc1S(N)(=O)=O.[HH].[HH].[HH].[HH]. The lowest BCUT2D eigenvalue weighted by Gasteiger charge is -2.10. The van der Waals surface area contributed by atoms with Gasteiger partial charge in [0.15, 0.2) is 17.5 Å². The first kappa shape index (κ1) is 18.7. The smallest absolute Gasteiger partial charge is 0.241 e. The molecule has 0 amide bonds. The van der Waals surface area contributed by atoms with E-state index in [1.54, 1.807) is 6.07 Å². The van der Waals surface area contributed by atoms with Crippen LogP contribution in [0.2, 0.25) is 5.02 Å². The first-order valence-corrected chi connectivity index (χ1v) is 10.3. The van der Waals surface area contributed by atoms with E-state index in [4.69, 9.17) is 21.5 Å². The molecule has 0 spiro atoms. The van der Waals surface area contributed by atoms with E-state index < -0.39 is 10.0 Å². The molecule has 0 atom stereocenters. The van der Waals surface area contributed by atoms with Crippen molar-refractivity contribution in [3.8, 4) is 17.1 Å². The average molecular weight is 429 g/mol. The van der Waals surface area contributed by atoms with E-state index in [2.05, 4.69) is 25.5 Å².